The van der Waals surface area contributed by atoms with Crippen LogP contribution in [0.25, 0.3) is 0 Å². The molecule has 1 N–H and O–H groups in total. The highest BCUT2D eigenvalue weighted by Gasteiger charge is 2.22. The number of carboxylic acids is 1. The van der Waals surface area contributed by atoms with Crippen LogP contribution in [0.5, 0.6) is 0 Å². The van der Waals surface area contributed by atoms with E-state index in [1.165, 1.54) is 25.0 Å². The van der Waals surface area contributed by atoms with Crippen LogP contribution >= 0.6 is 0 Å². The molecule has 25 heavy (non-hydrogen) atoms. The summed E-state index contributed by atoms with van der Waals surface area (Å²) in [6, 6.07) is 6.25. The van der Waals surface area contributed by atoms with E-state index >= 15 is 0 Å². The van der Waals surface area contributed by atoms with E-state index in [2.05, 4.69) is 20.8 Å². The molecule has 0 fully saturated rings. The Kier molecular flexibility index (Phi) is 9.90. The van der Waals surface area contributed by atoms with Gasteiger partial charge in [-0.2, -0.15) is 0 Å². The minimum absolute atomic E-state index is 0.000217. The molecule has 0 radical (unpaired) electrons. The van der Waals surface area contributed by atoms with E-state index < -0.39 is 11.9 Å². The molecule has 1 rings (SSSR count). The number of esters is 1. The van der Waals surface area contributed by atoms with Crippen molar-refractivity contribution in [3.8, 4) is 0 Å². The minimum Gasteiger partial charge on any atom is -0.478 e. The Balaban J connectivity index is 2.83. The third-order valence-electron chi connectivity index (χ3n) is 4.67. The largest absolute Gasteiger partial charge is 0.478 e. The van der Waals surface area contributed by atoms with Crippen molar-refractivity contribution in [3.63, 3.8) is 0 Å². The van der Waals surface area contributed by atoms with Gasteiger partial charge in [0.25, 0.3) is 0 Å². The van der Waals surface area contributed by atoms with Crippen LogP contribution in [0.1, 0.15) is 92.9 Å². The van der Waals surface area contributed by atoms with Gasteiger partial charge in [-0.25, -0.2) is 9.59 Å². The number of carboxylic acid groups (broad SMARTS) is 1. The van der Waals surface area contributed by atoms with Crippen LogP contribution in [0.2, 0.25) is 0 Å². The first-order chi connectivity index (χ1) is 12.0. The van der Waals surface area contributed by atoms with E-state index in [-0.39, 0.29) is 17.2 Å². The molecule has 0 spiro atoms. The molecule has 2 atom stereocenters. The number of unbranched alkanes of at least 4 members (excludes halogenated alkanes) is 2. The molecule has 140 valence electrons. The summed E-state index contributed by atoms with van der Waals surface area (Å²) in [7, 11) is 0. The molecule has 0 saturated carbocycles. The van der Waals surface area contributed by atoms with Gasteiger partial charge in [0.2, 0.25) is 0 Å². The lowest BCUT2D eigenvalue weighted by Gasteiger charge is -2.23. The van der Waals surface area contributed by atoms with Gasteiger partial charge in [0.05, 0.1) is 11.1 Å². The van der Waals surface area contributed by atoms with Gasteiger partial charge >= 0.3 is 11.9 Å². The molecule has 0 aromatic heterocycles. The maximum absolute atomic E-state index is 12.5. The maximum atomic E-state index is 12.5. The fourth-order valence-electron chi connectivity index (χ4n) is 3.07. The summed E-state index contributed by atoms with van der Waals surface area (Å²) in [5, 5.41) is 9.26. The standard InChI is InChI=1S/C21H32O4/c1-4-7-11-16(6-3)15-17(12-8-5-2)25-21(24)19-14-10-9-13-18(19)20(22)23/h9-10,13-14,16-17H,4-8,11-12,15H2,1-3H3,(H,22,23). The molecule has 0 heterocycles. The van der Waals surface area contributed by atoms with Crippen molar-refractivity contribution in [2.24, 2.45) is 5.92 Å². The second kappa shape index (κ2) is 11.7. The van der Waals surface area contributed by atoms with Crippen LogP contribution in [-0.2, 0) is 4.74 Å². The molecule has 1 aromatic carbocycles. The number of ether oxygens (including phenoxy) is 1. The Bertz CT molecular complexity index is 538. The second-order valence-corrected chi connectivity index (χ2v) is 6.67. The lowest BCUT2D eigenvalue weighted by molar-refractivity contribution is 0.0203. The number of carbonyl (C=O) groups is 2. The number of rotatable bonds is 12. The van der Waals surface area contributed by atoms with Gasteiger partial charge in [-0.15, -0.1) is 0 Å². The summed E-state index contributed by atoms with van der Waals surface area (Å²) in [6.45, 7) is 6.48. The predicted molar refractivity (Wildman–Crippen MR) is 100 cm³/mol. The molecule has 4 nitrogen and oxygen atoms in total. The van der Waals surface area contributed by atoms with E-state index in [0.717, 1.165) is 38.5 Å². The summed E-state index contributed by atoms with van der Waals surface area (Å²) in [4.78, 5) is 23.9. The van der Waals surface area contributed by atoms with Crippen LogP contribution in [-0.4, -0.2) is 23.1 Å². The van der Waals surface area contributed by atoms with Crippen LogP contribution in [0.15, 0.2) is 24.3 Å². The Morgan fingerprint density at radius 3 is 2.16 bits per heavy atom. The van der Waals surface area contributed by atoms with Crippen molar-refractivity contribution >= 4 is 11.9 Å². The Morgan fingerprint density at radius 1 is 1.00 bits per heavy atom. The average molecular weight is 348 g/mol. The zero-order valence-electron chi connectivity index (χ0n) is 15.8. The molecule has 4 heteroatoms. The Hall–Kier alpha value is -1.84. The van der Waals surface area contributed by atoms with Gasteiger partial charge in [-0.1, -0.05) is 71.4 Å². The highest BCUT2D eigenvalue weighted by atomic mass is 16.5. The molecule has 2 unspecified atom stereocenters. The molecule has 0 aliphatic heterocycles. The molecule has 0 saturated heterocycles. The lowest BCUT2D eigenvalue weighted by Crippen LogP contribution is -2.23. The van der Waals surface area contributed by atoms with Gasteiger partial charge < -0.3 is 9.84 Å². The Morgan fingerprint density at radius 2 is 1.60 bits per heavy atom. The van der Waals surface area contributed by atoms with Crippen LogP contribution in [0, 0.1) is 5.92 Å². The monoisotopic (exact) mass is 348 g/mol. The molecule has 1 aromatic rings. The molecular formula is C21H32O4. The first-order valence-electron chi connectivity index (χ1n) is 9.56. The first-order valence-corrected chi connectivity index (χ1v) is 9.56. The van der Waals surface area contributed by atoms with E-state index in [1.807, 2.05) is 0 Å². The molecule has 0 bridgehead atoms. The van der Waals surface area contributed by atoms with Crippen molar-refractivity contribution in [2.45, 2.75) is 78.2 Å². The van der Waals surface area contributed by atoms with E-state index in [4.69, 9.17) is 4.74 Å². The number of carbonyl (C=O) groups excluding carboxylic acids is 1. The SMILES string of the molecule is CCCCC(CC)CC(CCCC)OC(=O)c1ccccc1C(=O)O. The zero-order valence-corrected chi connectivity index (χ0v) is 15.8. The smallest absolute Gasteiger partial charge is 0.339 e. The summed E-state index contributed by atoms with van der Waals surface area (Å²) in [5.41, 5.74) is 0.137. The van der Waals surface area contributed by atoms with Gasteiger partial charge in [0, 0.05) is 0 Å². The third kappa shape index (κ3) is 7.29. The van der Waals surface area contributed by atoms with E-state index in [0.29, 0.717) is 5.92 Å². The molecule has 0 amide bonds. The fourth-order valence-corrected chi connectivity index (χ4v) is 3.07. The minimum atomic E-state index is -1.10. The normalized spacial score (nSPS) is 13.2. The van der Waals surface area contributed by atoms with Crippen LogP contribution in [0.4, 0.5) is 0 Å². The summed E-state index contributed by atoms with van der Waals surface area (Å²) in [6.07, 6.45) is 8.18. The summed E-state index contributed by atoms with van der Waals surface area (Å²) in [5.74, 6) is -1.08. The van der Waals surface area contributed by atoms with Crippen molar-refractivity contribution < 1.29 is 19.4 Å². The number of hydrogen-bond acceptors (Lipinski definition) is 3. The van der Waals surface area contributed by atoms with Crippen LogP contribution in [0.3, 0.4) is 0 Å². The molecule has 0 aliphatic rings. The van der Waals surface area contributed by atoms with Crippen LogP contribution < -0.4 is 0 Å². The zero-order chi connectivity index (χ0) is 18.7. The third-order valence-corrected chi connectivity index (χ3v) is 4.67. The van der Waals surface area contributed by atoms with Crippen molar-refractivity contribution in [2.75, 3.05) is 0 Å². The predicted octanol–water partition coefficient (Wildman–Crippen LogP) is 5.71. The molecule has 0 aliphatic carbocycles. The van der Waals surface area contributed by atoms with Crippen molar-refractivity contribution in [1.29, 1.82) is 0 Å². The maximum Gasteiger partial charge on any atom is 0.339 e. The topological polar surface area (TPSA) is 63.6 Å². The van der Waals surface area contributed by atoms with Crippen molar-refractivity contribution in [1.82, 2.24) is 0 Å². The summed E-state index contributed by atoms with van der Waals surface area (Å²) < 4.78 is 5.74. The van der Waals surface area contributed by atoms with E-state index in [9.17, 15) is 14.7 Å². The quantitative estimate of drug-likeness (QED) is 0.492. The lowest BCUT2D eigenvalue weighted by atomic mass is 9.91. The second-order valence-electron chi connectivity index (χ2n) is 6.67. The Labute approximate surface area is 151 Å². The van der Waals surface area contributed by atoms with Gasteiger partial charge in [-0.05, 0) is 30.9 Å². The first kappa shape index (κ1) is 21.2. The fraction of sp³-hybridized carbons (Fsp3) is 0.619. The van der Waals surface area contributed by atoms with Gasteiger partial charge in [-0.3, -0.25) is 0 Å². The highest BCUT2D eigenvalue weighted by Crippen LogP contribution is 2.24. The van der Waals surface area contributed by atoms with Crippen molar-refractivity contribution in [3.05, 3.63) is 35.4 Å². The average Bonchev–Trinajstić information content (AvgIpc) is 2.62. The van der Waals surface area contributed by atoms with E-state index in [1.54, 1.807) is 12.1 Å². The van der Waals surface area contributed by atoms with Gasteiger partial charge in [0.1, 0.15) is 6.10 Å². The summed E-state index contributed by atoms with van der Waals surface area (Å²) >= 11 is 0. The molecular weight excluding hydrogens is 316 g/mol. The van der Waals surface area contributed by atoms with Gasteiger partial charge in [0.15, 0.2) is 0 Å². The number of aromatic carboxylic acids is 1. The number of hydrogen-bond donors (Lipinski definition) is 1. The highest BCUT2D eigenvalue weighted by molar-refractivity contribution is 6.02. The number of benzene rings is 1.